The monoisotopic (exact) mass is 255 g/mol. The van der Waals surface area contributed by atoms with Gasteiger partial charge in [-0.2, -0.15) is 11.8 Å². The maximum absolute atomic E-state index is 12.0. The SMILES string of the molecule is Cc1cc(NC(=O)C(C)N2CCSCC2)on1. The maximum Gasteiger partial charge on any atom is 0.243 e. The number of amides is 1. The van der Waals surface area contributed by atoms with Gasteiger partial charge >= 0.3 is 0 Å². The Hall–Kier alpha value is -1.01. The normalized spacial score (nSPS) is 18.9. The summed E-state index contributed by atoms with van der Waals surface area (Å²) >= 11 is 1.93. The number of carbonyl (C=O) groups is 1. The molecule has 0 bridgehead atoms. The van der Waals surface area contributed by atoms with Crippen molar-refractivity contribution in [1.82, 2.24) is 10.1 Å². The van der Waals surface area contributed by atoms with Gasteiger partial charge in [0.15, 0.2) is 0 Å². The minimum absolute atomic E-state index is 0.0342. The molecule has 1 fully saturated rings. The molecule has 1 aromatic heterocycles. The van der Waals surface area contributed by atoms with Crippen LogP contribution >= 0.6 is 11.8 Å². The predicted octanol–water partition coefficient (Wildman–Crippen LogP) is 1.36. The van der Waals surface area contributed by atoms with Crippen LogP contribution in [0.15, 0.2) is 10.6 Å². The van der Waals surface area contributed by atoms with E-state index >= 15 is 0 Å². The molecule has 1 unspecified atom stereocenters. The second-order valence-corrected chi connectivity index (χ2v) is 5.37. The first-order chi connectivity index (χ1) is 8.16. The van der Waals surface area contributed by atoms with Gasteiger partial charge in [0.2, 0.25) is 11.8 Å². The van der Waals surface area contributed by atoms with Gasteiger partial charge in [-0.3, -0.25) is 15.0 Å². The van der Waals surface area contributed by atoms with Crippen LogP contribution in [0.4, 0.5) is 5.88 Å². The number of nitrogens with zero attached hydrogens (tertiary/aromatic N) is 2. The number of rotatable bonds is 3. The molecule has 0 saturated carbocycles. The minimum Gasteiger partial charge on any atom is -0.338 e. The van der Waals surface area contributed by atoms with Crippen molar-refractivity contribution in [2.75, 3.05) is 29.9 Å². The Morgan fingerprint density at radius 1 is 1.59 bits per heavy atom. The number of thioether (sulfide) groups is 1. The standard InChI is InChI=1S/C11H17N3O2S/c1-8-7-10(16-13-8)12-11(15)9(2)14-3-5-17-6-4-14/h7,9H,3-6H2,1-2H3,(H,12,15). The van der Waals surface area contributed by atoms with Gasteiger partial charge in [0, 0.05) is 30.7 Å². The highest BCUT2D eigenvalue weighted by atomic mass is 32.2. The Labute approximate surface area is 105 Å². The molecule has 6 heteroatoms. The third kappa shape index (κ3) is 3.23. The fourth-order valence-corrected chi connectivity index (χ4v) is 2.71. The lowest BCUT2D eigenvalue weighted by Gasteiger charge is -2.30. The summed E-state index contributed by atoms with van der Waals surface area (Å²) in [6.45, 7) is 5.68. The number of hydrogen-bond donors (Lipinski definition) is 1. The summed E-state index contributed by atoms with van der Waals surface area (Å²) in [6.07, 6.45) is 0. The number of aromatic nitrogens is 1. The van der Waals surface area contributed by atoms with E-state index < -0.39 is 0 Å². The van der Waals surface area contributed by atoms with Crippen molar-refractivity contribution < 1.29 is 9.32 Å². The molecule has 1 aliphatic heterocycles. The van der Waals surface area contributed by atoms with Crippen LogP contribution in [0.25, 0.3) is 0 Å². The zero-order valence-electron chi connectivity index (χ0n) is 10.1. The van der Waals surface area contributed by atoms with E-state index in [-0.39, 0.29) is 11.9 Å². The maximum atomic E-state index is 12.0. The second-order valence-electron chi connectivity index (χ2n) is 4.15. The Balaban J connectivity index is 1.90. The highest BCUT2D eigenvalue weighted by Crippen LogP contribution is 2.14. The molecule has 94 valence electrons. The van der Waals surface area contributed by atoms with Gasteiger partial charge < -0.3 is 4.52 Å². The third-order valence-electron chi connectivity index (χ3n) is 2.85. The summed E-state index contributed by atoms with van der Waals surface area (Å²) in [5.74, 6) is 2.58. The zero-order chi connectivity index (χ0) is 12.3. The van der Waals surface area contributed by atoms with E-state index in [4.69, 9.17) is 4.52 Å². The van der Waals surface area contributed by atoms with Crippen LogP contribution in [0.2, 0.25) is 0 Å². The number of nitrogens with one attached hydrogen (secondary N) is 1. The van der Waals surface area contributed by atoms with Crippen molar-refractivity contribution in [3.63, 3.8) is 0 Å². The Bertz CT molecular complexity index is 388. The quantitative estimate of drug-likeness (QED) is 0.883. The first-order valence-corrected chi connectivity index (χ1v) is 6.88. The third-order valence-corrected chi connectivity index (χ3v) is 3.79. The first-order valence-electron chi connectivity index (χ1n) is 5.73. The number of hydrogen-bond acceptors (Lipinski definition) is 5. The van der Waals surface area contributed by atoms with E-state index in [0.717, 1.165) is 30.3 Å². The van der Waals surface area contributed by atoms with Crippen LogP contribution in [0, 0.1) is 6.92 Å². The van der Waals surface area contributed by atoms with Crippen molar-refractivity contribution in [3.05, 3.63) is 11.8 Å². The van der Waals surface area contributed by atoms with E-state index in [2.05, 4.69) is 15.4 Å². The highest BCUT2D eigenvalue weighted by molar-refractivity contribution is 7.99. The van der Waals surface area contributed by atoms with Crippen molar-refractivity contribution in [2.24, 2.45) is 0 Å². The lowest BCUT2D eigenvalue weighted by Crippen LogP contribution is -2.45. The van der Waals surface area contributed by atoms with Gasteiger partial charge in [-0.15, -0.1) is 0 Å². The Kier molecular flexibility index (Phi) is 4.06. The van der Waals surface area contributed by atoms with Gasteiger partial charge in [-0.25, -0.2) is 0 Å². The van der Waals surface area contributed by atoms with Crippen molar-refractivity contribution in [2.45, 2.75) is 19.9 Å². The summed E-state index contributed by atoms with van der Waals surface area (Å²) in [5.41, 5.74) is 0.766. The van der Waals surface area contributed by atoms with Crippen molar-refractivity contribution in [3.8, 4) is 0 Å². The van der Waals surface area contributed by atoms with E-state index in [0.29, 0.717) is 5.88 Å². The Morgan fingerprint density at radius 2 is 2.29 bits per heavy atom. The van der Waals surface area contributed by atoms with Crippen molar-refractivity contribution >= 4 is 23.6 Å². The predicted molar refractivity (Wildman–Crippen MR) is 68.2 cm³/mol. The number of anilines is 1. The lowest BCUT2D eigenvalue weighted by molar-refractivity contribution is -0.120. The van der Waals surface area contributed by atoms with E-state index in [1.165, 1.54) is 0 Å². The molecule has 5 nitrogen and oxygen atoms in total. The Morgan fingerprint density at radius 3 is 2.88 bits per heavy atom. The van der Waals surface area contributed by atoms with Crippen LogP contribution in [-0.2, 0) is 4.79 Å². The van der Waals surface area contributed by atoms with E-state index in [1.807, 2.05) is 25.6 Å². The molecule has 0 aromatic carbocycles. The second kappa shape index (κ2) is 5.55. The van der Waals surface area contributed by atoms with Crippen LogP contribution in [0.3, 0.4) is 0 Å². The topological polar surface area (TPSA) is 58.4 Å². The fourth-order valence-electron chi connectivity index (χ4n) is 1.78. The molecule has 1 amide bonds. The average Bonchev–Trinajstić information content (AvgIpc) is 2.75. The van der Waals surface area contributed by atoms with Gasteiger partial charge in [-0.1, -0.05) is 5.16 Å². The molecule has 2 heterocycles. The molecule has 2 rings (SSSR count). The molecule has 0 radical (unpaired) electrons. The minimum atomic E-state index is -0.124. The first kappa shape index (κ1) is 12.4. The molecule has 1 aromatic rings. The van der Waals surface area contributed by atoms with Gasteiger partial charge in [0.05, 0.1) is 11.7 Å². The summed E-state index contributed by atoms with van der Waals surface area (Å²) in [4.78, 5) is 14.2. The summed E-state index contributed by atoms with van der Waals surface area (Å²) in [7, 11) is 0. The van der Waals surface area contributed by atoms with Crippen LogP contribution in [-0.4, -0.2) is 46.6 Å². The smallest absolute Gasteiger partial charge is 0.243 e. The van der Waals surface area contributed by atoms with Crippen LogP contribution < -0.4 is 5.32 Å². The molecule has 1 atom stereocenters. The molecule has 0 aliphatic carbocycles. The van der Waals surface area contributed by atoms with Gasteiger partial charge in [-0.05, 0) is 13.8 Å². The molecule has 1 saturated heterocycles. The molecular formula is C11H17N3O2S. The summed E-state index contributed by atoms with van der Waals surface area (Å²) in [6, 6.07) is 1.60. The molecular weight excluding hydrogens is 238 g/mol. The lowest BCUT2D eigenvalue weighted by atomic mass is 10.2. The zero-order valence-corrected chi connectivity index (χ0v) is 10.9. The highest BCUT2D eigenvalue weighted by Gasteiger charge is 2.23. The van der Waals surface area contributed by atoms with Crippen molar-refractivity contribution in [1.29, 1.82) is 0 Å². The molecule has 17 heavy (non-hydrogen) atoms. The van der Waals surface area contributed by atoms with Gasteiger partial charge in [0.1, 0.15) is 0 Å². The number of aryl methyl sites for hydroxylation is 1. The van der Waals surface area contributed by atoms with Crippen LogP contribution in [0.5, 0.6) is 0 Å². The molecule has 1 aliphatic rings. The summed E-state index contributed by atoms with van der Waals surface area (Å²) < 4.78 is 4.97. The fraction of sp³-hybridized carbons (Fsp3) is 0.636. The molecule has 0 spiro atoms. The largest absolute Gasteiger partial charge is 0.338 e. The summed E-state index contributed by atoms with van der Waals surface area (Å²) in [5, 5.41) is 6.48. The molecule has 1 N–H and O–H groups in total. The van der Waals surface area contributed by atoms with Gasteiger partial charge in [0.25, 0.3) is 0 Å². The van der Waals surface area contributed by atoms with Crippen LogP contribution in [0.1, 0.15) is 12.6 Å². The average molecular weight is 255 g/mol. The van der Waals surface area contributed by atoms with E-state index in [9.17, 15) is 4.79 Å². The number of carbonyl (C=O) groups excluding carboxylic acids is 1. The van der Waals surface area contributed by atoms with E-state index in [1.54, 1.807) is 6.07 Å².